The van der Waals surface area contributed by atoms with Gasteiger partial charge in [0.05, 0.1) is 6.04 Å². The van der Waals surface area contributed by atoms with Crippen LogP contribution in [0.2, 0.25) is 0 Å². The predicted molar refractivity (Wildman–Crippen MR) is 119 cm³/mol. The summed E-state index contributed by atoms with van der Waals surface area (Å²) in [5, 5.41) is 0. The zero-order valence-electron chi connectivity index (χ0n) is 18.0. The second kappa shape index (κ2) is 8.98. The Morgan fingerprint density at radius 1 is 1.03 bits per heavy atom. The zero-order valence-corrected chi connectivity index (χ0v) is 18.8. The van der Waals surface area contributed by atoms with E-state index < -0.39 is 10.0 Å². The van der Waals surface area contributed by atoms with Gasteiger partial charge in [-0.1, -0.05) is 30.3 Å². The van der Waals surface area contributed by atoms with Crippen molar-refractivity contribution in [1.82, 2.24) is 14.1 Å². The number of rotatable bonds is 4. The van der Waals surface area contributed by atoms with Gasteiger partial charge >= 0.3 is 0 Å². The maximum absolute atomic E-state index is 13.6. The number of carbonyl (C=O) groups is 1. The van der Waals surface area contributed by atoms with Crippen LogP contribution < -0.4 is 4.74 Å². The lowest BCUT2D eigenvalue weighted by molar-refractivity contribution is 0.0755. The lowest BCUT2D eigenvalue weighted by Gasteiger charge is -2.32. The van der Waals surface area contributed by atoms with Gasteiger partial charge in [-0.3, -0.25) is 4.79 Å². The van der Waals surface area contributed by atoms with Crippen molar-refractivity contribution in [2.24, 2.45) is 0 Å². The number of hydrogen-bond donors (Lipinski definition) is 0. The van der Waals surface area contributed by atoms with Crippen molar-refractivity contribution in [1.29, 1.82) is 0 Å². The molecule has 0 bridgehead atoms. The molecule has 7 nitrogen and oxygen atoms in total. The van der Waals surface area contributed by atoms with Crippen molar-refractivity contribution in [2.75, 3.05) is 40.3 Å². The quantitative estimate of drug-likeness (QED) is 0.725. The Kier molecular flexibility index (Phi) is 6.31. The number of nitrogens with zero attached hydrogens (tertiary/aromatic N) is 3. The molecule has 2 aromatic carbocycles. The second-order valence-corrected chi connectivity index (χ2v) is 10.2. The summed E-state index contributed by atoms with van der Waals surface area (Å²) in [6, 6.07) is 15.7. The van der Waals surface area contributed by atoms with Crippen LogP contribution in [-0.2, 0) is 10.0 Å². The van der Waals surface area contributed by atoms with Crippen LogP contribution in [0.5, 0.6) is 5.75 Å². The van der Waals surface area contributed by atoms with Gasteiger partial charge in [-0.05, 0) is 44.8 Å². The number of sulfonamides is 1. The Labute approximate surface area is 184 Å². The predicted octanol–water partition coefficient (Wildman–Crippen LogP) is 2.30. The average molecular weight is 444 g/mol. The minimum Gasteiger partial charge on any atom is -0.487 e. The monoisotopic (exact) mass is 443 g/mol. The molecule has 4 rings (SSSR count). The molecule has 2 aromatic rings. The molecule has 0 unspecified atom stereocenters. The summed E-state index contributed by atoms with van der Waals surface area (Å²) in [4.78, 5) is 17.0. The number of para-hydroxylation sites is 1. The van der Waals surface area contributed by atoms with E-state index in [2.05, 4.69) is 0 Å². The molecule has 0 aliphatic carbocycles. The van der Waals surface area contributed by atoms with Crippen molar-refractivity contribution >= 4 is 15.9 Å². The SMILES string of the molecule is CN(C)CCN1[C@@H]2CCN(C(=O)c3ccccc3)CC[C@H]2Oc2ccccc2S1(=O)=O. The van der Waals surface area contributed by atoms with E-state index in [1.165, 1.54) is 0 Å². The fourth-order valence-electron chi connectivity index (χ4n) is 4.31. The molecule has 0 radical (unpaired) electrons. The largest absolute Gasteiger partial charge is 0.487 e. The lowest BCUT2D eigenvalue weighted by atomic mass is 10.1. The summed E-state index contributed by atoms with van der Waals surface area (Å²) in [6.45, 7) is 2.00. The van der Waals surface area contributed by atoms with Crippen LogP contribution in [0.4, 0.5) is 0 Å². The summed E-state index contributed by atoms with van der Waals surface area (Å²) in [5.41, 5.74) is 0.646. The Balaban J connectivity index is 1.65. The average Bonchev–Trinajstić information content (AvgIpc) is 3.01. The third-order valence-electron chi connectivity index (χ3n) is 5.97. The van der Waals surface area contributed by atoms with Gasteiger partial charge < -0.3 is 14.5 Å². The molecule has 0 spiro atoms. The maximum atomic E-state index is 13.6. The first-order valence-corrected chi connectivity index (χ1v) is 12.1. The van der Waals surface area contributed by atoms with Gasteiger partial charge in [0.2, 0.25) is 10.0 Å². The van der Waals surface area contributed by atoms with Crippen LogP contribution >= 0.6 is 0 Å². The molecule has 2 aliphatic rings. The van der Waals surface area contributed by atoms with Crippen LogP contribution in [0.15, 0.2) is 59.5 Å². The maximum Gasteiger partial charge on any atom is 0.253 e. The highest BCUT2D eigenvalue weighted by atomic mass is 32.2. The number of benzene rings is 2. The van der Waals surface area contributed by atoms with E-state index in [9.17, 15) is 13.2 Å². The summed E-state index contributed by atoms with van der Waals surface area (Å²) in [7, 11) is 0.147. The molecule has 0 aromatic heterocycles. The normalized spacial score (nSPS) is 23.3. The fraction of sp³-hybridized carbons (Fsp3) is 0.435. The van der Waals surface area contributed by atoms with E-state index in [-0.39, 0.29) is 22.9 Å². The van der Waals surface area contributed by atoms with Crippen LogP contribution in [0.3, 0.4) is 0 Å². The fourth-order valence-corrected chi connectivity index (χ4v) is 6.10. The van der Waals surface area contributed by atoms with Crippen molar-refractivity contribution in [3.8, 4) is 5.75 Å². The van der Waals surface area contributed by atoms with Gasteiger partial charge in [0.15, 0.2) is 0 Å². The van der Waals surface area contributed by atoms with Crippen molar-refractivity contribution in [2.45, 2.75) is 29.9 Å². The first kappa shape index (κ1) is 21.8. The van der Waals surface area contributed by atoms with E-state index >= 15 is 0 Å². The molecule has 8 heteroatoms. The number of ether oxygens (including phenoxy) is 1. The van der Waals surface area contributed by atoms with Gasteiger partial charge in [0.1, 0.15) is 16.7 Å². The van der Waals surface area contributed by atoms with E-state index in [4.69, 9.17) is 4.74 Å². The Bertz CT molecular complexity index is 1030. The van der Waals surface area contributed by atoms with Gasteiger partial charge in [0, 0.05) is 38.2 Å². The smallest absolute Gasteiger partial charge is 0.253 e. The molecule has 2 heterocycles. The molecule has 1 fully saturated rings. The molecule has 0 saturated carbocycles. The molecule has 1 saturated heterocycles. The first-order valence-electron chi connectivity index (χ1n) is 10.6. The summed E-state index contributed by atoms with van der Waals surface area (Å²) >= 11 is 0. The van der Waals surface area contributed by atoms with Crippen LogP contribution in [0.1, 0.15) is 23.2 Å². The van der Waals surface area contributed by atoms with Gasteiger partial charge in [-0.25, -0.2) is 8.42 Å². The highest BCUT2D eigenvalue weighted by Crippen LogP contribution is 2.36. The van der Waals surface area contributed by atoms with Gasteiger partial charge in [0.25, 0.3) is 5.91 Å². The van der Waals surface area contributed by atoms with E-state index in [1.807, 2.05) is 54.2 Å². The van der Waals surface area contributed by atoms with Crippen LogP contribution in [0, 0.1) is 0 Å². The molecule has 166 valence electrons. The standard InChI is InChI=1S/C23H29N3O4S/c1-24(2)16-17-26-19-12-14-25(23(27)18-8-4-3-5-9-18)15-13-20(19)30-21-10-6-7-11-22(21)31(26,28)29/h3-11,19-20H,12-17H2,1-2H3/t19-,20-/m1/s1. The minimum atomic E-state index is -3.71. The van der Waals surface area contributed by atoms with Crippen molar-refractivity contribution in [3.05, 3.63) is 60.2 Å². The Hall–Kier alpha value is -2.42. The molecule has 2 aliphatic heterocycles. The third kappa shape index (κ3) is 4.46. The molecule has 31 heavy (non-hydrogen) atoms. The zero-order chi connectivity index (χ0) is 22.0. The Morgan fingerprint density at radius 3 is 2.45 bits per heavy atom. The first-order chi connectivity index (χ1) is 14.9. The number of amides is 1. The Morgan fingerprint density at radius 2 is 1.71 bits per heavy atom. The van der Waals surface area contributed by atoms with Gasteiger partial charge in [-0.2, -0.15) is 4.31 Å². The van der Waals surface area contributed by atoms with Crippen LogP contribution in [-0.4, -0.2) is 80.9 Å². The molecular formula is C23H29N3O4S. The molecule has 1 amide bonds. The van der Waals surface area contributed by atoms with Crippen molar-refractivity contribution in [3.63, 3.8) is 0 Å². The summed E-state index contributed by atoms with van der Waals surface area (Å²) in [5.74, 6) is 0.368. The minimum absolute atomic E-state index is 0.0276. The number of likely N-dealkylation sites (tertiary alicyclic amines) is 1. The number of carbonyl (C=O) groups excluding carboxylic acids is 1. The molecule has 0 N–H and O–H groups in total. The second-order valence-electron chi connectivity index (χ2n) is 8.32. The molecule has 2 atom stereocenters. The highest BCUT2D eigenvalue weighted by molar-refractivity contribution is 7.89. The summed E-state index contributed by atoms with van der Waals surface area (Å²) in [6.07, 6.45) is 0.796. The van der Waals surface area contributed by atoms with Crippen molar-refractivity contribution < 1.29 is 17.9 Å². The van der Waals surface area contributed by atoms with E-state index in [0.29, 0.717) is 50.3 Å². The van der Waals surface area contributed by atoms with Crippen LogP contribution in [0.25, 0.3) is 0 Å². The number of fused-ring (bicyclic) bond motifs is 2. The molecular weight excluding hydrogens is 414 g/mol. The van der Waals surface area contributed by atoms with Gasteiger partial charge in [-0.15, -0.1) is 0 Å². The highest BCUT2D eigenvalue weighted by Gasteiger charge is 2.43. The number of hydrogen-bond acceptors (Lipinski definition) is 5. The topological polar surface area (TPSA) is 70.2 Å². The number of likely N-dealkylation sites (N-methyl/N-ethyl adjacent to an activating group) is 1. The van der Waals surface area contributed by atoms with E-state index in [1.54, 1.807) is 28.6 Å². The third-order valence-corrected chi connectivity index (χ3v) is 7.93. The summed E-state index contributed by atoms with van der Waals surface area (Å²) < 4.78 is 35.0. The van der Waals surface area contributed by atoms with E-state index in [0.717, 1.165) is 0 Å². The lowest BCUT2D eigenvalue weighted by Crippen LogP contribution is -2.49.